The molecule has 1 fully saturated rings. The van der Waals surface area contributed by atoms with Crippen LogP contribution in [0.25, 0.3) is 0 Å². The van der Waals surface area contributed by atoms with Crippen molar-refractivity contribution in [3.8, 4) is 0 Å². The summed E-state index contributed by atoms with van der Waals surface area (Å²) in [6.45, 7) is -0.206. The molecular formula is C4H3N2O3. The normalized spacial score (nSPS) is 18.0. The van der Waals surface area contributed by atoms with E-state index in [0.717, 1.165) is 0 Å². The number of carbonyl (C=O) groups excluding carboxylic acids is 3. The highest BCUT2D eigenvalue weighted by Gasteiger charge is 2.26. The highest BCUT2D eigenvalue weighted by molar-refractivity contribution is 6.06. The van der Waals surface area contributed by atoms with Gasteiger partial charge in [0.15, 0.2) is 0 Å². The molecule has 1 aliphatic rings. The van der Waals surface area contributed by atoms with E-state index in [-0.39, 0.29) is 6.54 Å². The van der Waals surface area contributed by atoms with Gasteiger partial charge in [-0.05, 0) is 0 Å². The second kappa shape index (κ2) is 1.85. The molecule has 5 heteroatoms. The molecule has 9 heavy (non-hydrogen) atoms. The molecule has 0 aromatic carbocycles. The molecule has 1 radical (unpaired) electrons. The number of rotatable bonds is 1. The van der Waals surface area contributed by atoms with Crippen molar-refractivity contribution in [3.05, 3.63) is 0 Å². The van der Waals surface area contributed by atoms with Crippen LogP contribution < -0.4 is 5.32 Å². The quantitative estimate of drug-likeness (QED) is 0.441. The Morgan fingerprint density at radius 3 is 2.44 bits per heavy atom. The molecule has 0 aliphatic carbocycles. The Morgan fingerprint density at radius 2 is 2.22 bits per heavy atom. The van der Waals surface area contributed by atoms with Crippen molar-refractivity contribution in [2.45, 2.75) is 0 Å². The first-order valence-corrected chi connectivity index (χ1v) is 2.23. The molecule has 1 saturated heterocycles. The summed E-state index contributed by atoms with van der Waals surface area (Å²) in [6, 6.07) is -0.699. The van der Waals surface area contributed by atoms with Crippen LogP contribution in [0.5, 0.6) is 0 Å². The monoisotopic (exact) mass is 127 g/mol. The van der Waals surface area contributed by atoms with Crippen LogP contribution in [0, 0.1) is 0 Å². The minimum absolute atomic E-state index is 0.206. The summed E-state index contributed by atoms with van der Waals surface area (Å²) < 4.78 is 0. The Kier molecular flexibility index (Phi) is 1.18. The van der Waals surface area contributed by atoms with Gasteiger partial charge in [0, 0.05) is 0 Å². The predicted molar refractivity (Wildman–Crippen MR) is 25.9 cm³/mol. The smallest absolute Gasteiger partial charge is 0.276 e. The summed E-state index contributed by atoms with van der Waals surface area (Å²) in [5.74, 6) is -0.469. The summed E-state index contributed by atoms with van der Waals surface area (Å²) >= 11 is 0. The maximum Gasteiger partial charge on any atom is 0.331 e. The van der Waals surface area contributed by atoms with Crippen LogP contribution in [0.3, 0.4) is 0 Å². The van der Waals surface area contributed by atoms with Gasteiger partial charge in [-0.2, -0.15) is 0 Å². The number of carbonyl (C=O) groups is 2. The van der Waals surface area contributed by atoms with E-state index in [1.54, 1.807) is 0 Å². The van der Waals surface area contributed by atoms with E-state index in [1.165, 1.54) is 6.41 Å². The summed E-state index contributed by atoms with van der Waals surface area (Å²) in [7, 11) is 0. The fourth-order valence-corrected chi connectivity index (χ4v) is 0.515. The highest BCUT2D eigenvalue weighted by Crippen LogP contribution is 1.91. The van der Waals surface area contributed by atoms with E-state index in [0.29, 0.717) is 4.90 Å². The first-order valence-electron chi connectivity index (χ1n) is 2.23. The molecule has 0 spiro atoms. The van der Waals surface area contributed by atoms with E-state index in [4.69, 9.17) is 0 Å². The zero-order chi connectivity index (χ0) is 6.85. The molecule has 0 unspecified atom stereocenters. The first-order chi connectivity index (χ1) is 4.24. The van der Waals surface area contributed by atoms with Crippen molar-refractivity contribution in [1.29, 1.82) is 0 Å². The lowest BCUT2D eigenvalue weighted by Gasteiger charge is -1.95. The second-order valence-corrected chi connectivity index (χ2v) is 1.53. The van der Waals surface area contributed by atoms with E-state index >= 15 is 0 Å². The summed E-state index contributed by atoms with van der Waals surface area (Å²) in [5.41, 5.74) is 0. The lowest BCUT2D eigenvalue weighted by atomic mass is 10.6. The van der Waals surface area contributed by atoms with Crippen LogP contribution in [0.4, 0.5) is 4.79 Å². The SMILES string of the molecule is O=[C]N1CC(=O)NC1=O. The van der Waals surface area contributed by atoms with Gasteiger partial charge in [-0.25, -0.2) is 9.69 Å². The lowest BCUT2D eigenvalue weighted by Crippen LogP contribution is -2.26. The van der Waals surface area contributed by atoms with Crippen molar-refractivity contribution in [1.82, 2.24) is 10.2 Å². The standard InChI is InChI=1S/C4H3N2O3/c7-2-6-1-3(8)5-4(6)9/h1H2,(H,5,8,9). The average molecular weight is 127 g/mol. The Labute approximate surface area is 50.6 Å². The van der Waals surface area contributed by atoms with Gasteiger partial charge in [0.1, 0.15) is 6.54 Å². The Hall–Kier alpha value is -1.39. The van der Waals surface area contributed by atoms with Crippen LogP contribution in [0.1, 0.15) is 0 Å². The van der Waals surface area contributed by atoms with Crippen molar-refractivity contribution in [2.24, 2.45) is 0 Å². The van der Waals surface area contributed by atoms with Gasteiger partial charge in [0.25, 0.3) is 0 Å². The van der Waals surface area contributed by atoms with Crippen LogP contribution >= 0.6 is 0 Å². The van der Waals surface area contributed by atoms with Gasteiger partial charge >= 0.3 is 12.4 Å². The molecule has 1 aliphatic heterocycles. The third-order valence-electron chi connectivity index (χ3n) is 0.903. The molecule has 0 atom stereocenters. The summed E-state index contributed by atoms with van der Waals surface area (Å²) in [4.78, 5) is 31.0. The Bertz CT molecular complexity index is 177. The van der Waals surface area contributed by atoms with Gasteiger partial charge in [0.2, 0.25) is 5.91 Å². The fourth-order valence-electron chi connectivity index (χ4n) is 0.515. The molecule has 5 nitrogen and oxygen atoms in total. The number of urea groups is 1. The molecule has 0 saturated carbocycles. The fraction of sp³-hybridized carbons (Fsp3) is 0.250. The minimum Gasteiger partial charge on any atom is -0.276 e. The Morgan fingerprint density at radius 1 is 1.56 bits per heavy atom. The summed E-state index contributed by atoms with van der Waals surface area (Å²) in [5, 5.41) is 1.90. The van der Waals surface area contributed by atoms with Gasteiger partial charge in [-0.3, -0.25) is 14.9 Å². The van der Waals surface area contributed by atoms with Crippen molar-refractivity contribution >= 4 is 18.3 Å². The Balaban J connectivity index is 2.68. The summed E-state index contributed by atoms with van der Waals surface area (Å²) in [6.07, 6.45) is 1.29. The number of imide groups is 2. The van der Waals surface area contributed by atoms with Crippen molar-refractivity contribution in [2.75, 3.05) is 6.54 Å². The number of hydrogen-bond acceptors (Lipinski definition) is 3. The van der Waals surface area contributed by atoms with E-state index in [1.807, 2.05) is 5.32 Å². The van der Waals surface area contributed by atoms with Crippen LogP contribution in [-0.4, -0.2) is 29.8 Å². The topological polar surface area (TPSA) is 66.5 Å². The molecule has 0 aromatic heterocycles. The van der Waals surface area contributed by atoms with Gasteiger partial charge in [-0.1, -0.05) is 0 Å². The number of nitrogens with one attached hydrogen (secondary N) is 1. The lowest BCUT2D eigenvalue weighted by molar-refractivity contribution is -0.118. The average Bonchev–Trinajstić information content (AvgIpc) is 2.10. The zero-order valence-corrected chi connectivity index (χ0v) is 4.38. The molecule has 1 rings (SSSR count). The second-order valence-electron chi connectivity index (χ2n) is 1.53. The zero-order valence-electron chi connectivity index (χ0n) is 4.38. The van der Waals surface area contributed by atoms with E-state index in [9.17, 15) is 14.4 Å². The molecule has 0 bridgehead atoms. The number of amides is 4. The maximum absolute atomic E-state index is 10.3. The minimum atomic E-state index is -0.699. The third kappa shape index (κ3) is 0.883. The largest absolute Gasteiger partial charge is 0.331 e. The van der Waals surface area contributed by atoms with Crippen LogP contribution in [0.2, 0.25) is 0 Å². The number of nitrogens with zero attached hydrogens (tertiary/aromatic N) is 1. The number of hydrogen-bond donors (Lipinski definition) is 1. The van der Waals surface area contributed by atoms with Gasteiger partial charge in [0.05, 0.1) is 0 Å². The first kappa shape index (κ1) is 5.74. The molecule has 1 heterocycles. The van der Waals surface area contributed by atoms with Gasteiger partial charge < -0.3 is 0 Å². The third-order valence-corrected chi connectivity index (χ3v) is 0.903. The highest BCUT2D eigenvalue weighted by atomic mass is 16.2. The van der Waals surface area contributed by atoms with Gasteiger partial charge in [-0.15, -0.1) is 0 Å². The van der Waals surface area contributed by atoms with Crippen LogP contribution in [0.15, 0.2) is 0 Å². The predicted octanol–water partition coefficient (Wildman–Crippen LogP) is -1.39. The molecule has 47 valence electrons. The molecule has 1 N–H and O–H groups in total. The molecular weight excluding hydrogens is 124 g/mol. The van der Waals surface area contributed by atoms with Crippen molar-refractivity contribution < 1.29 is 14.4 Å². The van der Waals surface area contributed by atoms with E-state index in [2.05, 4.69) is 0 Å². The molecule has 0 aromatic rings. The maximum atomic E-state index is 10.3. The molecule has 4 amide bonds. The van der Waals surface area contributed by atoms with Crippen LogP contribution in [-0.2, 0) is 9.59 Å². The van der Waals surface area contributed by atoms with E-state index < -0.39 is 11.9 Å². The van der Waals surface area contributed by atoms with Crippen molar-refractivity contribution in [3.63, 3.8) is 0 Å².